The minimum Gasteiger partial charge on any atom is -0.481 e. The molecule has 1 aromatic rings. The fourth-order valence-corrected chi connectivity index (χ4v) is 2.11. The summed E-state index contributed by atoms with van der Waals surface area (Å²) in [6.45, 7) is 5.39. The number of hydrogen-bond acceptors (Lipinski definition) is 4. The first-order valence-electron chi connectivity index (χ1n) is 7.05. The largest absolute Gasteiger partial charge is 0.481 e. The molecule has 0 aromatic heterocycles. The maximum absolute atomic E-state index is 10.9. The molecule has 0 bridgehead atoms. The van der Waals surface area contributed by atoms with Crippen molar-refractivity contribution in [2.75, 3.05) is 5.32 Å². The number of aryl methyl sites for hydroxylation is 1. The smallest absolute Gasteiger partial charge is 0.306 e. The van der Waals surface area contributed by atoms with Crippen LogP contribution in [-0.2, 0) is 4.79 Å². The molecule has 0 saturated carbocycles. The van der Waals surface area contributed by atoms with Gasteiger partial charge in [0.2, 0.25) is 0 Å². The van der Waals surface area contributed by atoms with Gasteiger partial charge in [-0.25, -0.2) is 0 Å². The molecule has 0 aliphatic heterocycles. The maximum atomic E-state index is 10.9. The van der Waals surface area contributed by atoms with E-state index in [0.717, 1.165) is 12.8 Å². The Morgan fingerprint density at radius 3 is 2.62 bits per heavy atom. The minimum absolute atomic E-state index is 0.103. The van der Waals surface area contributed by atoms with Gasteiger partial charge in [0, 0.05) is 23.4 Å². The average molecular weight is 294 g/mol. The summed E-state index contributed by atoms with van der Waals surface area (Å²) in [5.74, 6) is -1.11. The third-order valence-corrected chi connectivity index (χ3v) is 3.51. The van der Waals surface area contributed by atoms with E-state index in [4.69, 9.17) is 5.11 Å². The van der Waals surface area contributed by atoms with Gasteiger partial charge in [-0.2, -0.15) is 0 Å². The normalized spacial score (nSPS) is 13.5. The van der Waals surface area contributed by atoms with Gasteiger partial charge in [-0.15, -0.1) is 0 Å². The van der Waals surface area contributed by atoms with Crippen molar-refractivity contribution in [1.29, 1.82) is 0 Å². The number of carboxylic acids is 1. The topological polar surface area (TPSA) is 92.5 Å². The lowest BCUT2D eigenvalue weighted by atomic mass is 10.0. The van der Waals surface area contributed by atoms with Gasteiger partial charge in [-0.1, -0.05) is 19.4 Å². The number of nitro benzene ring substituents is 1. The molecule has 2 atom stereocenters. The summed E-state index contributed by atoms with van der Waals surface area (Å²) >= 11 is 0. The summed E-state index contributed by atoms with van der Waals surface area (Å²) < 4.78 is 0. The van der Waals surface area contributed by atoms with Gasteiger partial charge in [0.1, 0.15) is 0 Å². The molecule has 2 N–H and O–H groups in total. The molecule has 116 valence electrons. The summed E-state index contributed by atoms with van der Waals surface area (Å²) in [4.78, 5) is 21.2. The second-order valence-corrected chi connectivity index (χ2v) is 5.47. The lowest BCUT2D eigenvalue weighted by Gasteiger charge is -2.16. The Morgan fingerprint density at radius 2 is 2.05 bits per heavy atom. The highest BCUT2D eigenvalue weighted by atomic mass is 16.6. The van der Waals surface area contributed by atoms with Crippen LogP contribution >= 0.6 is 0 Å². The highest BCUT2D eigenvalue weighted by molar-refractivity contribution is 5.69. The number of nitrogens with zero attached hydrogens (tertiary/aromatic N) is 1. The number of benzene rings is 1. The van der Waals surface area contributed by atoms with Crippen molar-refractivity contribution in [3.05, 3.63) is 33.9 Å². The molecular formula is C15H22N2O4. The van der Waals surface area contributed by atoms with Crippen LogP contribution in [0.3, 0.4) is 0 Å². The van der Waals surface area contributed by atoms with Crippen LogP contribution in [-0.4, -0.2) is 22.0 Å². The van der Waals surface area contributed by atoms with E-state index < -0.39 is 5.97 Å². The van der Waals surface area contributed by atoms with Crippen LogP contribution in [0.5, 0.6) is 0 Å². The predicted molar refractivity (Wildman–Crippen MR) is 81.6 cm³/mol. The average Bonchev–Trinajstić information content (AvgIpc) is 2.40. The second kappa shape index (κ2) is 7.61. The van der Waals surface area contributed by atoms with Crippen LogP contribution in [0.4, 0.5) is 11.4 Å². The monoisotopic (exact) mass is 294 g/mol. The molecule has 2 unspecified atom stereocenters. The van der Waals surface area contributed by atoms with E-state index >= 15 is 0 Å². The molecule has 21 heavy (non-hydrogen) atoms. The molecule has 6 heteroatoms. The number of nitrogens with one attached hydrogen (secondary N) is 1. The number of hydrogen-bond donors (Lipinski definition) is 2. The molecular weight excluding hydrogens is 272 g/mol. The van der Waals surface area contributed by atoms with E-state index in [1.54, 1.807) is 19.9 Å². The molecule has 0 radical (unpaired) electrons. The van der Waals surface area contributed by atoms with Gasteiger partial charge in [0.15, 0.2) is 0 Å². The fraction of sp³-hybridized carbons (Fsp3) is 0.533. The van der Waals surface area contributed by atoms with E-state index in [0.29, 0.717) is 17.7 Å². The third-order valence-electron chi connectivity index (χ3n) is 3.51. The Bertz CT molecular complexity index is 516. The number of rotatable bonds is 8. The first-order valence-corrected chi connectivity index (χ1v) is 7.05. The number of anilines is 1. The van der Waals surface area contributed by atoms with Gasteiger partial charge in [-0.3, -0.25) is 14.9 Å². The van der Waals surface area contributed by atoms with Crippen molar-refractivity contribution >= 4 is 17.3 Å². The number of carbonyl (C=O) groups is 1. The summed E-state index contributed by atoms with van der Waals surface area (Å²) in [5.41, 5.74) is 1.45. The first-order chi connectivity index (χ1) is 9.81. The lowest BCUT2D eigenvalue weighted by Crippen LogP contribution is -2.16. The van der Waals surface area contributed by atoms with E-state index in [2.05, 4.69) is 5.32 Å². The molecule has 0 spiro atoms. The molecule has 0 amide bonds. The maximum Gasteiger partial charge on any atom is 0.306 e. The van der Waals surface area contributed by atoms with E-state index in [1.807, 2.05) is 13.0 Å². The minimum atomic E-state index is -0.773. The summed E-state index contributed by atoms with van der Waals surface area (Å²) in [7, 11) is 0. The van der Waals surface area contributed by atoms with Crippen LogP contribution in [0.25, 0.3) is 0 Å². The zero-order valence-electron chi connectivity index (χ0n) is 12.6. The van der Waals surface area contributed by atoms with E-state index in [1.165, 1.54) is 6.07 Å². The van der Waals surface area contributed by atoms with Gasteiger partial charge in [0.05, 0.1) is 10.8 Å². The molecule has 1 aromatic carbocycles. The first kappa shape index (κ1) is 16.9. The Kier molecular flexibility index (Phi) is 6.14. The Hall–Kier alpha value is -2.11. The number of aliphatic carboxylic acids is 1. The van der Waals surface area contributed by atoms with Crippen molar-refractivity contribution in [3.63, 3.8) is 0 Å². The zero-order chi connectivity index (χ0) is 16.0. The Morgan fingerprint density at radius 1 is 1.38 bits per heavy atom. The molecule has 6 nitrogen and oxygen atoms in total. The predicted octanol–water partition coefficient (Wildman–Crippen LogP) is 3.59. The van der Waals surface area contributed by atoms with Crippen molar-refractivity contribution in [2.45, 2.75) is 46.1 Å². The molecule has 0 aliphatic rings. The summed E-state index contributed by atoms with van der Waals surface area (Å²) in [6.07, 6.45) is 2.25. The van der Waals surface area contributed by atoms with E-state index in [9.17, 15) is 14.9 Å². The number of nitro groups is 1. The van der Waals surface area contributed by atoms with Gasteiger partial charge >= 0.3 is 5.97 Å². The molecule has 0 aliphatic carbocycles. The van der Waals surface area contributed by atoms with Crippen molar-refractivity contribution in [3.8, 4) is 0 Å². The Balaban J connectivity index is 2.51. The van der Waals surface area contributed by atoms with Crippen LogP contribution in [0, 0.1) is 23.0 Å². The van der Waals surface area contributed by atoms with Crippen molar-refractivity contribution in [1.82, 2.24) is 0 Å². The second-order valence-electron chi connectivity index (χ2n) is 5.47. The molecule has 0 heterocycles. The van der Waals surface area contributed by atoms with Crippen molar-refractivity contribution in [2.24, 2.45) is 5.92 Å². The quantitative estimate of drug-likeness (QED) is 0.564. The number of carboxylic acid groups (broad SMARTS) is 1. The molecule has 1 rings (SSSR count). The third kappa shape index (κ3) is 5.41. The van der Waals surface area contributed by atoms with Gasteiger partial charge in [-0.05, 0) is 32.8 Å². The van der Waals surface area contributed by atoms with Crippen LogP contribution in [0.1, 0.15) is 38.7 Å². The lowest BCUT2D eigenvalue weighted by molar-refractivity contribution is -0.385. The standard InChI is InChI=1S/C15H22N2O4/c1-10-7-8-13(9-14(10)17(20)21)16-12(3)6-4-5-11(2)15(18)19/h7-9,11-12,16H,4-6H2,1-3H3,(H,18,19). The van der Waals surface area contributed by atoms with Crippen LogP contribution in [0.2, 0.25) is 0 Å². The van der Waals surface area contributed by atoms with E-state index in [-0.39, 0.29) is 22.6 Å². The van der Waals surface area contributed by atoms with Crippen LogP contribution < -0.4 is 5.32 Å². The molecule has 0 fully saturated rings. The SMILES string of the molecule is Cc1ccc(NC(C)CCCC(C)C(=O)O)cc1[N+](=O)[O-]. The molecule has 0 saturated heterocycles. The zero-order valence-corrected chi connectivity index (χ0v) is 12.6. The highest BCUT2D eigenvalue weighted by Crippen LogP contribution is 2.23. The summed E-state index contributed by atoms with van der Waals surface area (Å²) in [5, 5.41) is 22.9. The fourth-order valence-electron chi connectivity index (χ4n) is 2.11. The van der Waals surface area contributed by atoms with Crippen molar-refractivity contribution < 1.29 is 14.8 Å². The summed E-state index contributed by atoms with van der Waals surface area (Å²) in [6, 6.07) is 5.21. The Labute approximate surface area is 124 Å². The van der Waals surface area contributed by atoms with Gasteiger partial charge in [0.25, 0.3) is 5.69 Å². The van der Waals surface area contributed by atoms with Crippen LogP contribution in [0.15, 0.2) is 18.2 Å². The van der Waals surface area contributed by atoms with Gasteiger partial charge < -0.3 is 10.4 Å². The highest BCUT2D eigenvalue weighted by Gasteiger charge is 2.13.